The first kappa shape index (κ1) is 8.72. The van der Waals surface area contributed by atoms with E-state index in [1.54, 1.807) is 35.7 Å². The van der Waals surface area contributed by atoms with Crippen LogP contribution >= 0.6 is 0 Å². The maximum Gasteiger partial charge on any atom is 0.172 e. The largest absolute Gasteiger partial charge is 0.265 e. The van der Waals surface area contributed by atoms with Gasteiger partial charge in [0.25, 0.3) is 0 Å². The van der Waals surface area contributed by atoms with Crippen LogP contribution in [0.3, 0.4) is 0 Å². The summed E-state index contributed by atoms with van der Waals surface area (Å²) >= 11 is 0. The van der Waals surface area contributed by atoms with Crippen LogP contribution in [0.2, 0.25) is 0 Å². The highest BCUT2D eigenvalue weighted by Gasteiger charge is 2.05. The second-order valence-corrected chi connectivity index (χ2v) is 3.07. The van der Waals surface area contributed by atoms with Gasteiger partial charge in [0.1, 0.15) is 11.4 Å². The summed E-state index contributed by atoms with van der Waals surface area (Å²) in [5, 5.41) is 14.2. The van der Waals surface area contributed by atoms with Gasteiger partial charge in [-0.25, -0.2) is 9.67 Å². The van der Waals surface area contributed by atoms with Gasteiger partial charge >= 0.3 is 0 Å². The SMILES string of the molecule is c1cnn(-c2cncc(-c3c[nH]nn3)n2)c1. The van der Waals surface area contributed by atoms with Crippen molar-refractivity contribution in [1.82, 2.24) is 35.2 Å². The summed E-state index contributed by atoms with van der Waals surface area (Å²) in [6.45, 7) is 0. The third kappa shape index (κ3) is 1.44. The second-order valence-electron chi connectivity index (χ2n) is 3.07. The van der Waals surface area contributed by atoms with Crippen molar-refractivity contribution in [2.24, 2.45) is 0 Å². The number of H-pyrrole nitrogens is 1. The quantitative estimate of drug-likeness (QED) is 0.667. The molecule has 16 heavy (non-hydrogen) atoms. The van der Waals surface area contributed by atoms with Gasteiger partial charge in [-0.05, 0) is 6.07 Å². The van der Waals surface area contributed by atoms with Crippen LogP contribution < -0.4 is 0 Å². The molecular weight excluding hydrogens is 206 g/mol. The molecule has 0 aliphatic rings. The van der Waals surface area contributed by atoms with Gasteiger partial charge in [-0.1, -0.05) is 5.21 Å². The Bertz CT molecular complexity index is 520. The summed E-state index contributed by atoms with van der Waals surface area (Å²) in [5.74, 6) is 0.644. The first-order valence-corrected chi connectivity index (χ1v) is 4.62. The van der Waals surface area contributed by atoms with Gasteiger partial charge in [-0.2, -0.15) is 5.10 Å². The number of hydrogen-bond acceptors (Lipinski definition) is 5. The molecule has 1 N–H and O–H groups in total. The third-order valence-electron chi connectivity index (χ3n) is 2.04. The minimum Gasteiger partial charge on any atom is -0.265 e. The van der Waals surface area contributed by atoms with Crippen molar-refractivity contribution in [2.45, 2.75) is 0 Å². The summed E-state index contributed by atoms with van der Waals surface area (Å²) in [7, 11) is 0. The molecule has 0 radical (unpaired) electrons. The van der Waals surface area contributed by atoms with E-state index in [-0.39, 0.29) is 0 Å². The zero-order valence-electron chi connectivity index (χ0n) is 8.15. The van der Waals surface area contributed by atoms with Crippen LogP contribution in [0.1, 0.15) is 0 Å². The van der Waals surface area contributed by atoms with Gasteiger partial charge in [-0.3, -0.25) is 10.1 Å². The number of aromatic nitrogens is 7. The van der Waals surface area contributed by atoms with Crippen molar-refractivity contribution in [1.29, 1.82) is 0 Å². The molecule has 3 rings (SSSR count). The summed E-state index contributed by atoms with van der Waals surface area (Å²) < 4.78 is 1.64. The van der Waals surface area contributed by atoms with Crippen molar-refractivity contribution in [3.8, 4) is 17.2 Å². The molecule has 3 aromatic rings. The van der Waals surface area contributed by atoms with Crippen molar-refractivity contribution in [3.05, 3.63) is 37.1 Å². The molecule has 7 nitrogen and oxygen atoms in total. The van der Waals surface area contributed by atoms with E-state index >= 15 is 0 Å². The van der Waals surface area contributed by atoms with E-state index in [4.69, 9.17) is 0 Å². The Hall–Kier alpha value is -2.57. The predicted molar refractivity (Wildman–Crippen MR) is 54.5 cm³/mol. The summed E-state index contributed by atoms with van der Waals surface area (Å²) in [6.07, 6.45) is 8.42. The molecule has 7 heteroatoms. The highest BCUT2D eigenvalue weighted by atomic mass is 15.3. The average molecular weight is 213 g/mol. The lowest BCUT2D eigenvalue weighted by Crippen LogP contribution is -2.00. The zero-order valence-corrected chi connectivity index (χ0v) is 8.15. The fourth-order valence-electron chi connectivity index (χ4n) is 1.32. The highest BCUT2D eigenvalue weighted by Crippen LogP contribution is 2.12. The van der Waals surface area contributed by atoms with Crippen molar-refractivity contribution < 1.29 is 0 Å². The van der Waals surface area contributed by atoms with E-state index in [2.05, 4.69) is 30.5 Å². The Morgan fingerprint density at radius 1 is 1.19 bits per heavy atom. The smallest absolute Gasteiger partial charge is 0.172 e. The van der Waals surface area contributed by atoms with Crippen LogP contribution in [0.25, 0.3) is 17.2 Å². The van der Waals surface area contributed by atoms with Gasteiger partial charge in [-0.15, -0.1) is 5.10 Å². The Morgan fingerprint density at radius 3 is 2.94 bits per heavy atom. The average Bonchev–Trinajstić information content (AvgIpc) is 3.03. The Balaban J connectivity index is 2.07. The van der Waals surface area contributed by atoms with E-state index in [1.165, 1.54) is 0 Å². The normalized spacial score (nSPS) is 10.5. The lowest BCUT2D eigenvalue weighted by Gasteiger charge is -2.00. The van der Waals surface area contributed by atoms with Crippen LogP contribution in [-0.2, 0) is 0 Å². The van der Waals surface area contributed by atoms with Gasteiger partial charge in [0.05, 0.1) is 18.6 Å². The molecule has 0 fully saturated rings. The minimum atomic E-state index is 0.644. The van der Waals surface area contributed by atoms with Crippen LogP contribution in [0.5, 0.6) is 0 Å². The molecule has 0 aliphatic carbocycles. The summed E-state index contributed by atoms with van der Waals surface area (Å²) in [6, 6.07) is 1.82. The van der Waals surface area contributed by atoms with Crippen molar-refractivity contribution >= 4 is 0 Å². The van der Waals surface area contributed by atoms with Crippen LogP contribution in [0.4, 0.5) is 0 Å². The van der Waals surface area contributed by atoms with E-state index in [9.17, 15) is 0 Å². The topological polar surface area (TPSA) is 85.2 Å². The predicted octanol–water partition coefficient (Wildman–Crippen LogP) is 0.447. The maximum absolute atomic E-state index is 4.37. The van der Waals surface area contributed by atoms with Gasteiger partial charge < -0.3 is 0 Å². The molecule has 3 heterocycles. The third-order valence-corrected chi connectivity index (χ3v) is 2.04. The molecule has 0 spiro atoms. The molecule has 0 saturated heterocycles. The Labute approximate surface area is 90.2 Å². The summed E-state index contributed by atoms with van der Waals surface area (Å²) in [4.78, 5) is 8.46. The van der Waals surface area contributed by atoms with Crippen molar-refractivity contribution in [2.75, 3.05) is 0 Å². The number of hydrogen-bond donors (Lipinski definition) is 1. The van der Waals surface area contributed by atoms with Crippen molar-refractivity contribution in [3.63, 3.8) is 0 Å². The zero-order chi connectivity index (χ0) is 10.8. The van der Waals surface area contributed by atoms with Crippen LogP contribution in [0.15, 0.2) is 37.1 Å². The lowest BCUT2D eigenvalue weighted by atomic mass is 10.3. The first-order chi connectivity index (χ1) is 7.93. The molecular formula is C9H7N7. The highest BCUT2D eigenvalue weighted by molar-refractivity contribution is 5.51. The van der Waals surface area contributed by atoms with Gasteiger partial charge in [0, 0.05) is 12.4 Å². The van der Waals surface area contributed by atoms with E-state index in [1.807, 2.05) is 6.07 Å². The molecule has 0 unspecified atom stereocenters. The summed E-state index contributed by atoms with van der Waals surface area (Å²) in [5.41, 5.74) is 1.31. The van der Waals surface area contributed by atoms with Crippen LogP contribution in [0, 0.1) is 0 Å². The van der Waals surface area contributed by atoms with Gasteiger partial charge in [0.2, 0.25) is 0 Å². The number of nitrogens with zero attached hydrogens (tertiary/aromatic N) is 6. The maximum atomic E-state index is 4.37. The fraction of sp³-hybridized carbons (Fsp3) is 0. The number of nitrogens with one attached hydrogen (secondary N) is 1. The molecule has 0 saturated carbocycles. The molecule has 0 bridgehead atoms. The number of aromatic amines is 1. The molecule has 0 amide bonds. The monoisotopic (exact) mass is 213 g/mol. The molecule has 0 aromatic carbocycles. The molecule has 0 atom stereocenters. The Kier molecular flexibility index (Phi) is 1.93. The standard InChI is InChI=1S/C9H7N7/c1-2-12-16(3-1)9-6-10-4-7(13-9)8-5-11-15-14-8/h1-6H,(H,11,14,15). The molecule has 78 valence electrons. The molecule has 3 aromatic heterocycles. The minimum absolute atomic E-state index is 0.644. The van der Waals surface area contributed by atoms with E-state index < -0.39 is 0 Å². The fourth-order valence-corrected chi connectivity index (χ4v) is 1.32. The first-order valence-electron chi connectivity index (χ1n) is 4.62. The van der Waals surface area contributed by atoms with Gasteiger partial charge in [0.15, 0.2) is 5.82 Å². The van der Waals surface area contributed by atoms with Crippen LogP contribution in [-0.4, -0.2) is 35.2 Å². The van der Waals surface area contributed by atoms with E-state index in [0.29, 0.717) is 17.2 Å². The number of rotatable bonds is 2. The molecule has 0 aliphatic heterocycles. The second kappa shape index (κ2) is 3.54. The Morgan fingerprint density at radius 2 is 2.19 bits per heavy atom. The lowest BCUT2D eigenvalue weighted by molar-refractivity contribution is 0.838. The van der Waals surface area contributed by atoms with E-state index in [0.717, 1.165) is 0 Å².